The van der Waals surface area contributed by atoms with Crippen LogP contribution in [0.5, 0.6) is 0 Å². The first kappa shape index (κ1) is 29.3. The van der Waals surface area contributed by atoms with E-state index in [0.29, 0.717) is 0 Å². The van der Waals surface area contributed by atoms with Crippen LogP contribution in [0.2, 0.25) is 13.1 Å². The molecule has 0 aliphatic carbocycles. The molecule has 8 aromatic rings. The highest BCUT2D eigenvalue weighted by Gasteiger charge is 2.43. The number of para-hydroxylation sites is 2. The van der Waals surface area contributed by atoms with E-state index in [1.807, 2.05) is 24.3 Å². The lowest BCUT2D eigenvalue weighted by Gasteiger charge is -2.26. The molecule has 9 rings (SSSR count). The normalized spacial score (nSPS) is 14.3. The zero-order valence-electron chi connectivity index (χ0n) is 27.5. The van der Waals surface area contributed by atoms with Gasteiger partial charge < -0.3 is 8.83 Å². The molecule has 0 atom stereocenters. The van der Waals surface area contributed by atoms with E-state index >= 15 is 0 Å². The van der Waals surface area contributed by atoms with Gasteiger partial charge in [0.2, 0.25) is 0 Å². The Morgan fingerprint density at radius 1 is 0.347 bits per heavy atom. The molecule has 0 N–H and O–H groups in total. The fourth-order valence-corrected chi connectivity index (χ4v) is 11.5. The maximum atomic E-state index is 6.24. The molecule has 0 amide bonds. The van der Waals surface area contributed by atoms with Gasteiger partial charge in [-0.05, 0) is 68.1 Å². The van der Waals surface area contributed by atoms with Crippen LogP contribution in [0.1, 0.15) is 22.3 Å². The first-order valence-electron chi connectivity index (χ1n) is 16.8. The van der Waals surface area contributed by atoms with E-state index in [0.717, 1.165) is 44.6 Å². The van der Waals surface area contributed by atoms with Crippen molar-refractivity contribution in [2.45, 2.75) is 13.1 Å². The third kappa shape index (κ3) is 5.02. The molecule has 49 heavy (non-hydrogen) atoms. The molecule has 0 radical (unpaired) electrons. The van der Waals surface area contributed by atoms with Gasteiger partial charge >= 0.3 is 0 Å². The van der Waals surface area contributed by atoms with Gasteiger partial charge in [-0.1, -0.05) is 159 Å². The molecule has 0 saturated carbocycles. The van der Waals surface area contributed by atoms with E-state index < -0.39 is 8.07 Å². The summed E-state index contributed by atoms with van der Waals surface area (Å²) in [5.41, 5.74) is 11.6. The van der Waals surface area contributed by atoms with Crippen LogP contribution < -0.4 is 0 Å². The molecule has 0 spiro atoms. The van der Waals surface area contributed by atoms with E-state index in [1.54, 1.807) is 0 Å². The summed E-state index contributed by atoms with van der Waals surface area (Å²) in [5.74, 6) is 1.78. The van der Waals surface area contributed by atoms with Crippen LogP contribution in [0.25, 0.3) is 66.1 Å². The van der Waals surface area contributed by atoms with Crippen molar-refractivity contribution in [3.05, 3.63) is 192 Å². The van der Waals surface area contributed by atoms with Crippen LogP contribution in [-0.2, 0) is 0 Å². The van der Waals surface area contributed by atoms with Gasteiger partial charge in [-0.3, -0.25) is 0 Å². The van der Waals surface area contributed by atoms with Crippen molar-refractivity contribution >= 4 is 51.6 Å². The predicted molar refractivity (Wildman–Crippen MR) is 207 cm³/mol. The molecule has 1 aliphatic heterocycles. The number of furan rings is 2. The molecule has 3 heteroatoms. The Kier molecular flexibility index (Phi) is 6.96. The van der Waals surface area contributed by atoms with Crippen molar-refractivity contribution in [2.75, 3.05) is 0 Å². The van der Waals surface area contributed by atoms with Gasteiger partial charge in [-0.2, -0.15) is 0 Å². The highest BCUT2D eigenvalue weighted by molar-refractivity contribution is 7.13. The first-order valence-corrected chi connectivity index (χ1v) is 19.8. The molecule has 1 aliphatic rings. The minimum Gasteiger partial charge on any atom is -0.456 e. The molecular formula is C46H34O2Si. The lowest BCUT2D eigenvalue weighted by Crippen LogP contribution is -2.28. The van der Waals surface area contributed by atoms with Gasteiger partial charge in [0, 0.05) is 21.9 Å². The second kappa shape index (κ2) is 11.7. The average Bonchev–Trinajstić information content (AvgIpc) is 3.85. The summed E-state index contributed by atoms with van der Waals surface area (Å²) < 4.78 is 12.5. The maximum Gasteiger partial charge on any atom is 0.135 e. The second-order valence-corrected chi connectivity index (χ2v) is 17.6. The summed E-state index contributed by atoms with van der Waals surface area (Å²) in [5, 5.41) is 5.13. The fraction of sp³-hybridized carbons (Fsp3) is 0.0435. The average molecular weight is 647 g/mol. The zero-order chi connectivity index (χ0) is 33.0. The molecule has 0 fully saturated rings. The zero-order valence-corrected chi connectivity index (χ0v) is 28.5. The number of rotatable bonds is 6. The minimum absolute atomic E-state index is 0.890. The summed E-state index contributed by atoms with van der Waals surface area (Å²) in [6, 6.07) is 60.6. The Morgan fingerprint density at radius 3 is 1.08 bits per heavy atom. The number of benzene rings is 6. The predicted octanol–water partition coefficient (Wildman–Crippen LogP) is 12.8. The van der Waals surface area contributed by atoms with Crippen molar-refractivity contribution in [3.63, 3.8) is 0 Å². The van der Waals surface area contributed by atoms with Crippen molar-refractivity contribution < 1.29 is 8.83 Å². The SMILES string of the molecule is C[Si]1(C)C(c2ccc(-c3cc4ccccc4o3)cc2)=C(c2ccccc2)C(c2ccccc2)=C1c1ccc(-c2cc3ccccc3o2)cc1. The second-order valence-electron chi connectivity index (χ2n) is 13.3. The van der Waals surface area contributed by atoms with Crippen LogP contribution in [0, 0.1) is 0 Å². The summed E-state index contributed by atoms with van der Waals surface area (Å²) in [7, 11) is -2.31. The van der Waals surface area contributed by atoms with E-state index in [2.05, 4.69) is 159 Å². The number of hydrogen-bond donors (Lipinski definition) is 0. The van der Waals surface area contributed by atoms with Crippen LogP contribution >= 0.6 is 0 Å². The highest BCUT2D eigenvalue weighted by Crippen LogP contribution is 2.55. The van der Waals surface area contributed by atoms with E-state index in [1.165, 1.54) is 43.8 Å². The lowest BCUT2D eigenvalue weighted by atomic mass is 9.89. The fourth-order valence-electron chi connectivity index (χ4n) is 7.65. The molecule has 0 unspecified atom stereocenters. The molecular weight excluding hydrogens is 613 g/mol. The van der Waals surface area contributed by atoms with Crippen molar-refractivity contribution in [2.24, 2.45) is 0 Å². The Morgan fingerprint density at radius 2 is 0.694 bits per heavy atom. The summed E-state index contributed by atoms with van der Waals surface area (Å²) >= 11 is 0. The Hall–Kier alpha value is -5.90. The largest absolute Gasteiger partial charge is 0.456 e. The minimum atomic E-state index is -2.31. The molecule has 2 nitrogen and oxygen atoms in total. The molecule has 0 bridgehead atoms. The van der Waals surface area contributed by atoms with Gasteiger partial charge in [0.25, 0.3) is 0 Å². The van der Waals surface area contributed by atoms with Gasteiger partial charge in [0.1, 0.15) is 30.8 Å². The summed E-state index contributed by atoms with van der Waals surface area (Å²) in [6.07, 6.45) is 0. The topological polar surface area (TPSA) is 26.3 Å². The van der Waals surface area contributed by atoms with Crippen LogP contribution in [0.15, 0.2) is 179 Å². The number of hydrogen-bond acceptors (Lipinski definition) is 2. The highest BCUT2D eigenvalue weighted by atomic mass is 28.3. The first-order chi connectivity index (χ1) is 24.0. The van der Waals surface area contributed by atoms with Crippen LogP contribution in [0.3, 0.4) is 0 Å². The van der Waals surface area contributed by atoms with Gasteiger partial charge in [0.15, 0.2) is 0 Å². The standard InChI is InChI=1S/C46H34O2Si/c1-49(2)45(35-25-21-31(22-26-35)41-29-37-17-9-11-19-39(37)47-41)43(33-13-5-3-6-14-33)44(34-15-7-4-8-16-34)46(49)36-27-23-32(24-28-36)42-30-38-18-10-12-20-40(38)48-42/h3-30H,1-2H3. The monoisotopic (exact) mass is 646 g/mol. The molecule has 0 saturated heterocycles. The Bertz CT molecular complexity index is 2280. The Labute approximate surface area is 287 Å². The van der Waals surface area contributed by atoms with Crippen molar-refractivity contribution in [1.82, 2.24) is 0 Å². The van der Waals surface area contributed by atoms with Gasteiger partial charge in [0.05, 0.1) is 0 Å². The molecule has 6 aromatic carbocycles. The number of allylic oxidation sites excluding steroid dienone is 2. The number of fused-ring (bicyclic) bond motifs is 2. The van der Waals surface area contributed by atoms with E-state index in [4.69, 9.17) is 8.83 Å². The third-order valence-corrected chi connectivity index (χ3v) is 13.5. The summed E-state index contributed by atoms with van der Waals surface area (Å²) in [6.45, 7) is 5.02. The smallest absolute Gasteiger partial charge is 0.135 e. The molecule has 2 aromatic heterocycles. The quantitative estimate of drug-likeness (QED) is 0.168. The molecule has 234 valence electrons. The van der Waals surface area contributed by atoms with Crippen LogP contribution in [0.4, 0.5) is 0 Å². The molecule has 3 heterocycles. The van der Waals surface area contributed by atoms with Gasteiger partial charge in [-0.15, -0.1) is 0 Å². The van der Waals surface area contributed by atoms with Crippen molar-refractivity contribution in [1.29, 1.82) is 0 Å². The summed E-state index contributed by atoms with van der Waals surface area (Å²) in [4.78, 5) is 0. The maximum absolute atomic E-state index is 6.24. The lowest BCUT2D eigenvalue weighted by molar-refractivity contribution is 0.631. The van der Waals surface area contributed by atoms with Crippen molar-refractivity contribution in [3.8, 4) is 22.6 Å². The van der Waals surface area contributed by atoms with E-state index in [-0.39, 0.29) is 0 Å². The van der Waals surface area contributed by atoms with Gasteiger partial charge in [-0.25, -0.2) is 0 Å². The van der Waals surface area contributed by atoms with E-state index in [9.17, 15) is 0 Å². The Balaban J connectivity index is 1.21. The third-order valence-electron chi connectivity index (χ3n) is 9.89. The van der Waals surface area contributed by atoms with Crippen LogP contribution in [-0.4, -0.2) is 8.07 Å².